The monoisotopic (exact) mass is 593 g/mol. The van der Waals surface area contributed by atoms with Gasteiger partial charge in [0.2, 0.25) is 0 Å². The molecule has 0 spiro atoms. The molecule has 12 nitrogen and oxygen atoms in total. The number of fused-ring (bicyclic) bond motifs is 1. The number of anilines is 1. The van der Waals surface area contributed by atoms with Gasteiger partial charge >= 0.3 is 0 Å². The molecule has 3 aromatic carbocycles. The van der Waals surface area contributed by atoms with Crippen molar-refractivity contribution in [3.8, 4) is 11.5 Å². The molecule has 5 rings (SSSR count). The van der Waals surface area contributed by atoms with E-state index in [1.54, 1.807) is 30.5 Å². The number of aromatic nitrogens is 1. The minimum Gasteiger partial charge on any atom is -0.457 e. The number of carbonyl (C=O) groups is 1. The molecule has 1 saturated heterocycles. The van der Waals surface area contributed by atoms with Crippen LogP contribution in [0.3, 0.4) is 0 Å². The van der Waals surface area contributed by atoms with E-state index < -0.39 is 37.0 Å². The lowest BCUT2D eigenvalue weighted by atomic mass is 9.88. The summed E-state index contributed by atoms with van der Waals surface area (Å²) >= 11 is 0. The first-order chi connectivity index (χ1) is 20.0. The van der Waals surface area contributed by atoms with Crippen molar-refractivity contribution < 1.29 is 28.0 Å². The van der Waals surface area contributed by atoms with Crippen LogP contribution in [0.5, 0.6) is 11.5 Å². The van der Waals surface area contributed by atoms with Crippen LogP contribution in [0.25, 0.3) is 10.9 Å². The van der Waals surface area contributed by atoms with E-state index in [-0.39, 0.29) is 23.5 Å². The molecular formula is C29H31N5O7S. The van der Waals surface area contributed by atoms with Crippen molar-refractivity contribution >= 4 is 38.2 Å². The zero-order chi connectivity index (χ0) is 29.9. The molecule has 0 unspecified atom stereocenters. The summed E-state index contributed by atoms with van der Waals surface area (Å²) in [5, 5.41) is 26.4. The summed E-state index contributed by atoms with van der Waals surface area (Å²) in [6.07, 6.45) is 3.36. The average molecular weight is 594 g/mol. The van der Waals surface area contributed by atoms with Gasteiger partial charge in [0.05, 0.1) is 21.0 Å². The van der Waals surface area contributed by atoms with Gasteiger partial charge < -0.3 is 25.0 Å². The van der Waals surface area contributed by atoms with Crippen LogP contribution < -0.4 is 14.8 Å². The number of nitrogens with zero attached hydrogens (tertiary/aromatic N) is 2. The highest BCUT2D eigenvalue weighted by Crippen LogP contribution is 2.31. The highest BCUT2D eigenvalue weighted by molar-refractivity contribution is 7.90. The Bertz CT molecular complexity index is 1730. The van der Waals surface area contributed by atoms with Gasteiger partial charge in [-0.2, -0.15) is 0 Å². The van der Waals surface area contributed by atoms with E-state index in [0.29, 0.717) is 25.0 Å². The van der Waals surface area contributed by atoms with Crippen molar-refractivity contribution in [2.24, 2.45) is 0 Å². The molecule has 2 heterocycles. The number of likely N-dealkylation sites (tertiary alicyclic amines) is 1. The molecule has 220 valence electrons. The van der Waals surface area contributed by atoms with Crippen LogP contribution in [0.1, 0.15) is 29.6 Å². The first-order valence-electron chi connectivity index (χ1n) is 13.4. The fourth-order valence-corrected chi connectivity index (χ4v) is 5.88. The molecule has 0 aliphatic carbocycles. The van der Waals surface area contributed by atoms with Gasteiger partial charge in [-0.3, -0.25) is 14.9 Å². The predicted octanol–water partition coefficient (Wildman–Crippen LogP) is 4.25. The van der Waals surface area contributed by atoms with Crippen LogP contribution in [-0.2, 0) is 10.0 Å². The summed E-state index contributed by atoms with van der Waals surface area (Å²) in [5.41, 5.74) is -0.347. The SMILES string of the molecule is CN1CCC(O)(CCNc2ccc(S(=O)(=O)NC(=O)c3ccccc3Oc3ccc4[nH]ccc4c3)cc2[N+](=O)[O-])CC1. The van der Waals surface area contributed by atoms with Crippen LogP contribution in [0.15, 0.2) is 77.8 Å². The average Bonchev–Trinajstić information content (AvgIpc) is 3.43. The van der Waals surface area contributed by atoms with Crippen LogP contribution in [0.2, 0.25) is 0 Å². The number of H-pyrrole nitrogens is 1. The third-order valence-corrected chi connectivity index (χ3v) is 8.74. The second-order valence-electron chi connectivity index (χ2n) is 10.4. The number of para-hydroxylation sites is 1. The fraction of sp³-hybridized carbons (Fsp3) is 0.276. The number of piperidine rings is 1. The zero-order valence-corrected chi connectivity index (χ0v) is 23.7. The van der Waals surface area contributed by atoms with Crippen molar-refractivity contribution in [3.63, 3.8) is 0 Å². The number of nitrogens with one attached hydrogen (secondary N) is 3. The Hall–Kier alpha value is -4.46. The van der Waals surface area contributed by atoms with E-state index in [2.05, 4.69) is 15.2 Å². The maximum Gasteiger partial charge on any atom is 0.293 e. The van der Waals surface area contributed by atoms with Crippen molar-refractivity contribution in [2.75, 3.05) is 32.0 Å². The highest BCUT2D eigenvalue weighted by atomic mass is 32.2. The number of ether oxygens (including phenoxy) is 1. The topological polar surface area (TPSA) is 167 Å². The Morgan fingerprint density at radius 2 is 1.88 bits per heavy atom. The summed E-state index contributed by atoms with van der Waals surface area (Å²) in [5.74, 6) is -0.367. The number of aromatic amines is 1. The molecule has 4 aromatic rings. The van der Waals surface area contributed by atoms with Gasteiger partial charge in [0, 0.05) is 42.8 Å². The number of nitro groups is 1. The molecule has 42 heavy (non-hydrogen) atoms. The number of aliphatic hydroxyl groups is 1. The summed E-state index contributed by atoms with van der Waals surface area (Å²) in [6, 6.07) is 16.7. The van der Waals surface area contributed by atoms with Gasteiger partial charge in [-0.05, 0) is 74.8 Å². The lowest BCUT2D eigenvalue weighted by Crippen LogP contribution is -2.43. The molecule has 0 atom stereocenters. The Kier molecular flexibility index (Phi) is 8.16. The first-order valence-corrected chi connectivity index (χ1v) is 14.9. The largest absolute Gasteiger partial charge is 0.457 e. The van der Waals surface area contributed by atoms with Crippen molar-refractivity contribution in [2.45, 2.75) is 29.8 Å². The minimum absolute atomic E-state index is 0.0325. The number of benzene rings is 3. The maximum absolute atomic E-state index is 13.1. The maximum atomic E-state index is 13.1. The number of nitro benzene ring substituents is 1. The summed E-state index contributed by atoms with van der Waals surface area (Å²) in [6.45, 7) is 1.78. The third kappa shape index (κ3) is 6.54. The lowest BCUT2D eigenvalue weighted by Gasteiger charge is -2.36. The number of hydrogen-bond donors (Lipinski definition) is 4. The van der Waals surface area contributed by atoms with Crippen molar-refractivity contribution in [1.82, 2.24) is 14.6 Å². The molecule has 0 radical (unpaired) electrons. The number of rotatable bonds is 10. The van der Waals surface area contributed by atoms with E-state index in [1.165, 1.54) is 24.3 Å². The molecule has 0 bridgehead atoms. The van der Waals surface area contributed by atoms with Gasteiger partial charge in [0.25, 0.3) is 21.6 Å². The smallest absolute Gasteiger partial charge is 0.293 e. The van der Waals surface area contributed by atoms with Crippen LogP contribution >= 0.6 is 0 Å². The van der Waals surface area contributed by atoms with Gasteiger partial charge in [-0.1, -0.05) is 12.1 Å². The molecule has 1 aliphatic rings. The Morgan fingerprint density at radius 3 is 2.64 bits per heavy atom. The molecule has 1 fully saturated rings. The summed E-state index contributed by atoms with van der Waals surface area (Å²) < 4.78 is 34.1. The van der Waals surface area contributed by atoms with Gasteiger partial charge in [-0.15, -0.1) is 0 Å². The number of hydrogen-bond acceptors (Lipinski definition) is 9. The van der Waals surface area contributed by atoms with Gasteiger partial charge in [-0.25, -0.2) is 13.1 Å². The predicted molar refractivity (Wildman–Crippen MR) is 157 cm³/mol. The van der Waals surface area contributed by atoms with Crippen molar-refractivity contribution in [3.05, 3.63) is 88.6 Å². The molecule has 1 aromatic heterocycles. The molecular weight excluding hydrogens is 562 g/mol. The Balaban J connectivity index is 1.29. The quantitative estimate of drug-likeness (QED) is 0.155. The van der Waals surface area contributed by atoms with Gasteiger partial charge in [0.15, 0.2) is 0 Å². The lowest BCUT2D eigenvalue weighted by molar-refractivity contribution is -0.384. The standard InChI is InChI=1S/C29H31N5O7S/c1-33-16-12-29(36,13-17-33)11-15-31-25-9-7-22(19-26(25)34(37)38)42(39,40)32-28(35)23-4-2-3-5-27(23)41-21-6-8-24-20(18-21)10-14-30-24/h2-10,14,18-19,30-31,36H,11-13,15-17H2,1H3,(H,32,35). The first kappa shape index (κ1) is 29.0. The number of sulfonamides is 1. The van der Waals surface area contributed by atoms with E-state index in [9.17, 15) is 28.4 Å². The number of amides is 1. The Morgan fingerprint density at radius 1 is 1.12 bits per heavy atom. The second-order valence-corrected chi connectivity index (χ2v) is 12.1. The van der Waals surface area contributed by atoms with E-state index in [1.807, 2.05) is 23.9 Å². The Labute approximate surface area is 242 Å². The molecule has 0 saturated carbocycles. The summed E-state index contributed by atoms with van der Waals surface area (Å²) in [7, 11) is -2.50. The van der Waals surface area contributed by atoms with Crippen LogP contribution in [0, 0.1) is 10.1 Å². The molecule has 1 aliphatic heterocycles. The normalized spacial score (nSPS) is 15.3. The molecule has 1 amide bonds. The van der Waals surface area contributed by atoms with Crippen LogP contribution in [-0.4, -0.2) is 66.5 Å². The minimum atomic E-state index is -4.48. The zero-order valence-electron chi connectivity index (χ0n) is 22.9. The molecule has 13 heteroatoms. The van der Waals surface area contributed by atoms with Crippen LogP contribution in [0.4, 0.5) is 11.4 Å². The van der Waals surface area contributed by atoms with E-state index >= 15 is 0 Å². The van der Waals surface area contributed by atoms with Gasteiger partial charge in [0.1, 0.15) is 17.2 Å². The summed E-state index contributed by atoms with van der Waals surface area (Å²) in [4.78, 5) is 29.0. The third-order valence-electron chi connectivity index (χ3n) is 7.41. The second kappa shape index (κ2) is 11.8. The van der Waals surface area contributed by atoms with E-state index in [4.69, 9.17) is 4.74 Å². The van der Waals surface area contributed by atoms with E-state index in [0.717, 1.165) is 30.1 Å². The number of carbonyl (C=O) groups excluding carboxylic acids is 1. The van der Waals surface area contributed by atoms with Crippen molar-refractivity contribution in [1.29, 1.82) is 0 Å². The highest BCUT2D eigenvalue weighted by Gasteiger charge is 2.31. The fourth-order valence-electron chi connectivity index (χ4n) is 4.89. The molecule has 4 N–H and O–H groups in total.